The summed E-state index contributed by atoms with van der Waals surface area (Å²) in [4.78, 5) is 23.2. The maximum Gasteiger partial charge on any atom is 0.292 e. The monoisotopic (exact) mass is 569 g/mol. The minimum Gasteiger partial charge on any atom is -0.493 e. The number of hydrogen-bond donors (Lipinski definition) is 1. The lowest BCUT2D eigenvalue weighted by Gasteiger charge is -2.14. The minimum absolute atomic E-state index is 0.00525. The predicted molar refractivity (Wildman–Crippen MR) is 137 cm³/mol. The van der Waals surface area contributed by atoms with Gasteiger partial charge in [-0.2, -0.15) is 5.26 Å². The zero-order valence-corrected chi connectivity index (χ0v) is 20.5. The van der Waals surface area contributed by atoms with Crippen LogP contribution in [0.4, 0.5) is 11.4 Å². The third-order valence-corrected chi connectivity index (χ3v) is 5.58. The Morgan fingerprint density at radius 2 is 1.91 bits per heavy atom. The second-order valence-corrected chi connectivity index (χ2v) is 8.37. The number of carbonyl (C=O) groups is 1. The molecule has 0 aromatic heterocycles. The molecule has 0 aliphatic rings. The van der Waals surface area contributed by atoms with Crippen molar-refractivity contribution in [1.82, 2.24) is 0 Å². The standard InChI is InChI=1S/C25H20IN3O5/c1-16-7-9-17(10-8-16)15-34-24-20(26)12-18(13-23(24)33-2)11-19(14-27)25(30)28-21-5-3-4-6-22(21)29(31)32/h3-13H,15H2,1-2H3,(H,28,30). The predicted octanol–water partition coefficient (Wildman–Crippen LogP) is 5.64. The lowest BCUT2D eigenvalue weighted by atomic mass is 10.1. The summed E-state index contributed by atoms with van der Waals surface area (Å²) in [6.07, 6.45) is 1.39. The molecule has 3 aromatic rings. The van der Waals surface area contributed by atoms with Crippen LogP contribution in [0.2, 0.25) is 0 Å². The van der Waals surface area contributed by atoms with Gasteiger partial charge >= 0.3 is 0 Å². The fourth-order valence-corrected chi connectivity index (χ4v) is 3.83. The molecule has 0 radical (unpaired) electrons. The SMILES string of the molecule is COc1cc(C=C(C#N)C(=O)Nc2ccccc2[N+](=O)[O-])cc(I)c1OCc1ccc(C)cc1. The molecule has 0 saturated heterocycles. The number of hydrogen-bond acceptors (Lipinski definition) is 6. The molecule has 0 heterocycles. The molecule has 0 aliphatic heterocycles. The van der Waals surface area contributed by atoms with Crippen molar-refractivity contribution in [1.29, 1.82) is 5.26 Å². The van der Waals surface area contributed by atoms with Crippen molar-refractivity contribution in [2.24, 2.45) is 0 Å². The van der Waals surface area contributed by atoms with E-state index < -0.39 is 10.8 Å². The zero-order valence-electron chi connectivity index (χ0n) is 18.4. The van der Waals surface area contributed by atoms with Gasteiger partial charge in [0.1, 0.15) is 23.9 Å². The highest BCUT2D eigenvalue weighted by Crippen LogP contribution is 2.35. The van der Waals surface area contributed by atoms with Gasteiger partial charge in [-0.05, 0) is 64.9 Å². The summed E-state index contributed by atoms with van der Waals surface area (Å²) in [7, 11) is 1.50. The molecule has 34 heavy (non-hydrogen) atoms. The number of benzene rings is 3. The van der Waals surface area contributed by atoms with Gasteiger partial charge in [-0.15, -0.1) is 0 Å². The Morgan fingerprint density at radius 3 is 2.56 bits per heavy atom. The fraction of sp³-hybridized carbons (Fsp3) is 0.120. The van der Waals surface area contributed by atoms with E-state index in [0.29, 0.717) is 23.7 Å². The van der Waals surface area contributed by atoms with Gasteiger partial charge in [-0.3, -0.25) is 14.9 Å². The van der Waals surface area contributed by atoms with Crippen molar-refractivity contribution in [2.45, 2.75) is 13.5 Å². The Hall–Kier alpha value is -3.91. The quantitative estimate of drug-likeness (QED) is 0.124. The fourth-order valence-electron chi connectivity index (χ4n) is 3.05. The molecular formula is C25H20IN3O5. The molecule has 0 fully saturated rings. The maximum absolute atomic E-state index is 12.6. The number of anilines is 1. The summed E-state index contributed by atoms with van der Waals surface area (Å²) >= 11 is 2.10. The molecule has 0 bridgehead atoms. The second kappa shape index (κ2) is 11.3. The lowest BCUT2D eigenvalue weighted by molar-refractivity contribution is -0.383. The summed E-state index contributed by atoms with van der Waals surface area (Å²) in [5.74, 6) is 0.232. The number of carbonyl (C=O) groups excluding carboxylic acids is 1. The maximum atomic E-state index is 12.6. The summed E-state index contributed by atoms with van der Waals surface area (Å²) < 4.78 is 12.2. The van der Waals surface area contributed by atoms with Gasteiger partial charge in [0.15, 0.2) is 11.5 Å². The van der Waals surface area contributed by atoms with Crippen LogP contribution in [0.1, 0.15) is 16.7 Å². The molecule has 8 nitrogen and oxygen atoms in total. The normalized spacial score (nSPS) is 10.8. The zero-order chi connectivity index (χ0) is 24.7. The molecule has 3 rings (SSSR count). The molecule has 1 N–H and O–H groups in total. The highest BCUT2D eigenvalue weighted by molar-refractivity contribution is 14.1. The smallest absolute Gasteiger partial charge is 0.292 e. The summed E-state index contributed by atoms with van der Waals surface area (Å²) in [5, 5.41) is 23.1. The van der Waals surface area contributed by atoms with E-state index in [4.69, 9.17) is 9.47 Å². The Kier molecular flexibility index (Phi) is 8.21. The number of rotatable bonds is 8. The van der Waals surface area contributed by atoms with E-state index in [2.05, 4.69) is 27.9 Å². The van der Waals surface area contributed by atoms with E-state index in [1.807, 2.05) is 37.3 Å². The number of nitriles is 1. The van der Waals surface area contributed by atoms with Gasteiger partial charge < -0.3 is 14.8 Å². The Bertz CT molecular complexity index is 1300. The van der Waals surface area contributed by atoms with Crippen LogP contribution < -0.4 is 14.8 Å². The van der Waals surface area contributed by atoms with Gasteiger partial charge in [0.2, 0.25) is 0 Å². The average molecular weight is 569 g/mol. The first-order valence-corrected chi connectivity index (χ1v) is 11.1. The van der Waals surface area contributed by atoms with Crippen LogP contribution in [-0.2, 0) is 11.4 Å². The van der Waals surface area contributed by atoms with E-state index in [9.17, 15) is 20.2 Å². The highest BCUT2D eigenvalue weighted by atomic mass is 127. The average Bonchev–Trinajstić information content (AvgIpc) is 2.82. The number of aryl methyl sites for hydroxylation is 1. The number of halogens is 1. The topological polar surface area (TPSA) is 114 Å². The molecule has 0 unspecified atom stereocenters. The molecule has 0 atom stereocenters. The van der Waals surface area contributed by atoms with E-state index >= 15 is 0 Å². The number of nitro benzene ring substituents is 1. The van der Waals surface area contributed by atoms with Crippen LogP contribution in [0.15, 0.2) is 66.2 Å². The van der Waals surface area contributed by atoms with Crippen molar-refractivity contribution in [3.05, 3.63) is 96.6 Å². The highest BCUT2D eigenvalue weighted by Gasteiger charge is 2.18. The molecule has 0 saturated carbocycles. The molecule has 0 spiro atoms. The number of methoxy groups -OCH3 is 1. The van der Waals surface area contributed by atoms with Crippen molar-refractivity contribution >= 4 is 45.9 Å². The summed E-state index contributed by atoms with van der Waals surface area (Å²) in [5.41, 5.74) is 2.23. The third kappa shape index (κ3) is 6.11. The van der Waals surface area contributed by atoms with Crippen LogP contribution in [0, 0.1) is 31.9 Å². The second-order valence-electron chi connectivity index (χ2n) is 7.21. The van der Waals surface area contributed by atoms with Crippen molar-refractivity contribution in [2.75, 3.05) is 12.4 Å². The van der Waals surface area contributed by atoms with Crippen molar-refractivity contribution in [3.63, 3.8) is 0 Å². The van der Waals surface area contributed by atoms with Gasteiger partial charge in [-0.1, -0.05) is 42.0 Å². The van der Waals surface area contributed by atoms with Crippen LogP contribution in [0.3, 0.4) is 0 Å². The van der Waals surface area contributed by atoms with Gasteiger partial charge in [0, 0.05) is 6.07 Å². The largest absolute Gasteiger partial charge is 0.493 e. The Balaban J connectivity index is 1.84. The van der Waals surface area contributed by atoms with Crippen LogP contribution in [0.25, 0.3) is 6.08 Å². The van der Waals surface area contributed by atoms with Gasteiger partial charge in [0.25, 0.3) is 11.6 Å². The number of nitrogens with one attached hydrogen (secondary N) is 1. The molecule has 172 valence electrons. The van der Waals surface area contributed by atoms with Gasteiger partial charge in [0.05, 0.1) is 15.6 Å². The van der Waals surface area contributed by atoms with E-state index in [1.165, 1.54) is 31.4 Å². The summed E-state index contributed by atoms with van der Waals surface area (Å²) in [6.45, 7) is 2.36. The van der Waals surface area contributed by atoms with Crippen LogP contribution in [-0.4, -0.2) is 17.9 Å². The number of para-hydroxylation sites is 2. The molecule has 0 aliphatic carbocycles. The summed E-state index contributed by atoms with van der Waals surface area (Å²) in [6, 6.07) is 19.0. The molecule has 1 amide bonds. The first-order chi connectivity index (χ1) is 16.3. The number of amides is 1. The van der Waals surface area contributed by atoms with E-state index in [1.54, 1.807) is 18.2 Å². The Morgan fingerprint density at radius 1 is 1.21 bits per heavy atom. The molecule has 3 aromatic carbocycles. The van der Waals surface area contributed by atoms with Crippen LogP contribution >= 0.6 is 22.6 Å². The number of nitrogens with zero attached hydrogens (tertiary/aromatic N) is 2. The first-order valence-electron chi connectivity index (χ1n) is 10.0. The molecular weight excluding hydrogens is 549 g/mol. The van der Waals surface area contributed by atoms with Crippen molar-refractivity contribution in [3.8, 4) is 17.6 Å². The van der Waals surface area contributed by atoms with Crippen LogP contribution in [0.5, 0.6) is 11.5 Å². The number of nitro groups is 1. The van der Waals surface area contributed by atoms with Crippen molar-refractivity contribution < 1.29 is 19.2 Å². The minimum atomic E-state index is -0.759. The lowest BCUT2D eigenvalue weighted by Crippen LogP contribution is -2.14. The Labute approximate surface area is 210 Å². The first kappa shape index (κ1) is 24.7. The van der Waals surface area contributed by atoms with Gasteiger partial charge in [-0.25, -0.2) is 0 Å². The third-order valence-electron chi connectivity index (χ3n) is 4.78. The number of ether oxygens (including phenoxy) is 2. The van der Waals surface area contributed by atoms with E-state index in [-0.39, 0.29) is 16.9 Å². The molecule has 9 heteroatoms. The van der Waals surface area contributed by atoms with E-state index in [0.717, 1.165) is 14.7 Å².